The van der Waals surface area contributed by atoms with Gasteiger partial charge in [0.05, 0.1) is 0 Å². The first-order valence-electron chi connectivity index (χ1n) is 5.66. The monoisotopic (exact) mass is 202 g/mol. The summed E-state index contributed by atoms with van der Waals surface area (Å²) in [5.41, 5.74) is -0.648. The molecule has 1 rings (SSSR count). The molecule has 1 saturated heterocycles. The van der Waals surface area contributed by atoms with Crippen molar-refractivity contribution in [3.8, 4) is 0 Å². The van der Waals surface area contributed by atoms with Crippen molar-refractivity contribution in [1.29, 1.82) is 0 Å². The molecule has 3 heteroatoms. The third kappa shape index (κ3) is 4.94. The van der Waals surface area contributed by atoms with Gasteiger partial charge in [0.2, 0.25) is 0 Å². The molecule has 3 nitrogen and oxygen atoms in total. The lowest BCUT2D eigenvalue weighted by Crippen LogP contribution is -2.45. The van der Waals surface area contributed by atoms with Crippen LogP contribution in [0.2, 0.25) is 0 Å². The van der Waals surface area contributed by atoms with E-state index in [-0.39, 0.29) is 0 Å². The number of aliphatic hydroxyl groups is 1. The van der Waals surface area contributed by atoms with Gasteiger partial charge in [0, 0.05) is 19.6 Å². The van der Waals surface area contributed by atoms with Crippen LogP contribution in [0.1, 0.15) is 34.1 Å². The smallest absolute Gasteiger partial charge is 0.112 e. The van der Waals surface area contributed by atoms with Crippen molar-refractivity contribution in [1.82, 2.24) is 9.80 Å². The lowest BCUT2D eigenvalue weighted by atomic mass is 10.2. The molecule has 0 aromatic rings. The van der Waals surface area contributed by atoms with Crippen molar-refractivity contribution in [2.24, 2.45) is 0 Å². The Labute approximate surface area is 88.7 Å². The second-order valence-electron chi connectivity index (χ2n) is 4.14. The molecule has 1 fully saturated rings. The zero-order valence-electron chi connectivity index (χ0n) is 10.4. The molecule has 0 aromatic heterocycles. The van der Waals surface area contributed by atoms with E-state index < -0.39 is 5.72 Å². The van der Waals surface area contributed by atoms with Crippen molar-refractivity contribution in [2.75, 3.05) is 33.2 Å². The van der Waals surface area contributed by atoms with E-state index in [0.29, 0.717) is 0 Å². The summed E-state index contributed by atoms with van der Waals surface area (Å²) in [6, 6.07) is 0. The van der Waals surface area contributed by atoms with Crippen LogP contribution in [-0.4, -0.2) is 53.9 Å². The van der Waals surface area contributed by atoms with Gasteiger partial charge in [-0.3, -0.25) is 4.90 Å². The van der Waals surface area contributed by atoms with E-state index in [1.807, 2.05) is 27.7 Å². The molecule has 0 spiro atoms. The first-order chi connectivity index (χ1) is 6.50. The number of hydrogen-bond donors (Lipinski definition) is 1. The molecule has 0 aliphatic carbocycles. The molecule has 0 amide bonds. The van der Waals surface area contributed by atoms with Gasteiger partial charge in [0.1, 0.15) is 5.72 Å². The molecule has 86 valence electrons. The summed E-state index contributed by atoms with van der Waals surface area (Å²) in [6.45, 7) is 11.9. The minimum Gasteiger partial charge on any atom is -0.376 e. The van der Waals surface area contributed by atoms with Gasteiger partial charge in [0.25, 0.3) is 0 Å². The summed E-state index contributed by atoms with van der Waals surface area (Å²) in [5.74, 6) is 0. The van der Waals surface area contributed by atoms with E-state index in [9.17, 15) is 5.11 Å². The second-order valence-corrected chi connectivity index (χ2v) is 4.14. The Bertz CT molecular complexity index is 143. The number of nitrogens with zero attached hydrogens (tertiary/aromatic N) is 2. The van der Waals surface area contributed by atoms with E-state index in [1.54, 1.807) is 0 Å². The van der Waals surface area contributed by atoms with Crippen molar-refractivity contribution in [2.45, 2.75) is 39.8 Å². The summed E-state index contributed by atoms with van der Waals surface area (Å²) in [4.78, 5) is 4.45. The van der Waals surface area contributed by atoms with Gasteiger partial charge in [-0.15, -0.1) is 0 Å². The SMILES string of the molecule is CC.CN1CCCN(C(C)(C)O)CC1. The maximum absolute atomic E-state index is 9.76. The Balaban J connectivity index is 0.000000791. The predicted molar refractivity (Wildman–Crippen MR) is 61.3 cm³/mol. The molecule has 0 aromatic carbocycles. The van der Waals surface area contributed by atoms with Crippen LogP contribution in [0.15, 0.2) is 0 Å². The van der Waals surface area contributed by atoms with Gasteiger partial charge in [0.15, 0.2) is 0 Å². The van der Waals surface area contributed by atoms with Gasteiger partial charge >= 0.3 is 0 Å². The molecular weight excluding hydrogens is 176 g/mol. The predicted octanol–water partition coefficient (Wildman–Crippen LogP) is 1.38. The van der Waals surface area contributed by atoms with Crippen LogP contribution in [0.3, 0.4) is 0 Å². The summed E-state index contributed by atoms with van der Waals surface area (Å²) < 4.78 is 0. The fourth-order valence-electron chi connectivity index (χ4n) is 1.59. The number of hydrogen-bond acceptors (Lipinski definition) is 3. The van der Waals surface area contributed by atoms with Crippen LogP contribution >= 0.6 is 0 Å². The van der Waals surface area contributed by atoms with Crippen LogP contribution in [0, 0.1) is 0 Å². The van der Waals surface area contributed by atoms with Crippen LogP contribution in [0.25, 0.3) is 0 Å². The van der Waals surface area contributed by atoms with Gasteiger partial charge in [-0.05, 0) is 33.9 Å². The van der Waals surface area contributed by atoms with E-state index in [4.69, 9.17) is 0 Å². The third-order valence-electron chi connectivity index (χ3n) is 2.49. The third-order valence-corrected chi connectivity index (χ3v) is 2.49. The molecule has 14 heavy (non-hydrogen) atoms. The zero-order chi connectivity index (χ0) is 11.2. The van der Waals surface area contributed by atoms with Crippen molar-refractivity contribution in [3.05, 3.63) is 0 Å². The summed E-state index contributed by atoms with van der Waals surface area (Å²) in [5, 5.41) is 9.76. The molecular formula is C11H26N2O. The highest BCUT2D eigenvalue weighted by molar-refractivity contribution is 4.74. The highest BCUT2D eigenvalue weighted by atomic mass is 16.3. The minimum atomic E-state index is -0.648. The Hall–Kier alpha value is -0.120. The topological polar surface area (TPSA) is 26.7 Å². The molecule has 1 N–H and O–H groups in total. The van der Waals surface area contributed by atoms with Gasteiger partial charge in [-0.1, -0.05) is 13.8 Å². The van der Waals surface area contributed by atoms with E-state index in [1.165, 1.54) is 0 Å². The van der Waals surface area contributed by atoms with Crippen LogP contribution in [-0.2, 0) is 0 Å². The highest BCUT2D eigenvalue weighted by Crippen LogP contribution is 2.12. The van der Waals surface area contributed by atoms with Crippen molar-refractivity contribution in [3.63, 3.8) is 0 Å². The van der Waals surface area contributed by atoms with Gasteiger partial charge in [-0.25, -0.2) is 0 Å². The van der Waals surface area contributed by atoms with Gasteiger partial charge in [-0.2, -0.15) is 0 Å². The number of rotatable bonds is 1. The lowest BCUT2D eigenvalue weighted by molar-refractivity contribution is -0.0755. The highest BCUT2D eigenvalue weighted by Gasteiger charge is 2.24. The van der Waals surface area contributed by atoms with Crippen LogP contribution in [0.5, 0.6) is 0 Å². The average Bonchev–Trinajstić information content (AvgIpc) is 2.32. The lowest BCUT2D eigenvalue weighted by Gasteiger charge is -2.32. The number of likely N-dealkylation sites (N-methyl/N-ethyl adjacent to an activating group) is 1. The Morgan fingerprint density at radius 1 is 1.00 bits per heavy atom. The zero-order valence-corrected chi connectivity index (χ0v) is 10.4. The Morgan fingerprint density at radius 2 is 1.57 bits per heavy atom. The fraction of sp³-hybridized carbons (Fsp3) is 1.00. The first-order valence-corrected chi connectivity index (χ1v) is 5.66. The largest absolute Gasteiger partial charge is 0.376 e. The average molecular weight is 202 g/mol. The Morgan fingerprint density at radius 3 is 2.07 bits per heavy atom. The maximum Gasteiger partial charge on any atom is 0.112 e. The molecule has 0 atom stereocenters. The molecule has 1 aliphatic heterocycles. The van der Waals surface area contributed by atoms with E-state index in [2.05, 4.69) is 16.8 Å². The standard InChI is InChI=1S/C9H20N2O.C2H6/c1-9(2,12)11-6-4-5-10(3)7-8-11;1-2/h12H,4-8H2,1-3H3;1-2H3. The Kier molecular flexibility index (Phi) is 6.33. The van der Waals surface area contributed by atoms with Crippen molar-refractivity contribution < 1.29 is 5.11 Å². The van der Waals surface area contributed by atoms with Crippen LogP contribution < -0.4 is 0 Å². The maximum atomic E-state index is 9.76. The minimum absolute atomic E-state index is 0.648. The summed E-state index contributed by atoms with van der Waals surface area (Å²) in [6.07, 6.45) is 1.15. The molecule has 0 bridgehead atoms. The molecule has 1 aliphatic rings. The quantitative estimate of drug-likeness (QED) is 0.696. The molecule has 0 unspecified atom stereocenters. The van der Waals surface area contributed by atoms with Crippen LogP contribution in [0.4, 0.5) is 0 Å². The van der Waals surface area contributed by atoms with E-state index in [0.717, 1.165) is 32.6 Å². The first kappa shape index (κ1) is 13.9. The normalized spacial score (nSPS) is 21.0. The second kappa shape index (κ2) is 6.38. The molecule has 0 saturated carbocycles. The van der Waals surface area contributed by atoms with Gasteiger partial charge < -0.3 is 10.0 Å². The summed E-state index contributed by atoms with van der Waals surface area (Å²) >= 11 is 0. The van der Waals surface area contributed by atoms with Crippen molar-refractivity contribution >= 4 is 0 Å². The van der Waals surface area contributed by atoms with E-state index >= 15 is 0 Å². The summed E-state index contributed by atoms with van der Waals surface area (Å²) in [7, 11) is 2.13. The molecule has 0 radical (unpaired) electrons. The fourth-order valence-corrected chi connectivity index (χ4v) is 1.59. The molecule has 1 heterocycles.